The Balaban J connectivity index is 1.47. The van der Waals surface area contributed by atoms with E-state index in [1.165, 1.54) is 44.0 Å². The third-order valence-electron chi connectivity index (χ3n) is 5.64. The Labute approximate surface area is 171 Å². The van der Waals surface area contributed by atoms with Crippen LogP contribution in [-0.2, 0) is 11.8 Å². The molecule has 1 N–H and O–H groups in total. The molecule has 1 amide bonds. The Hall–Kier alpha value is -1.79. The van der Waals surface area contributed by atoms with Crippen LogP contribution in [0.15, 0.2) is 40.0 Å². The Morgan fingerprint density at radius 3 is 2.93 bits per heavy atom. The van der Waals surface area contributed by atoms with Gasteiger partial charge >= 0.3 is 0 Å². The van der Waals surface area contributed by atoms with E-state index >= 15 is 0 Å². The van der Waals surface area contributed by atoms with Gasteiger partial charge in [0.2, 0.25) is 5.91 Å². The fourth-order valence-electron chi connectivity index (χ4n) is 4.02. The lowest BCUT2D eigenvalue weighted by molar-refractivity contribution is -0.118. The minimum atomic E-state index is -0.0476. The number of nitrogens with one attached hydrogen (secondary N) is 1. The summed E-state index contributed by atoms with van der Waals surface area (Å²) >= 11 is 1.44. The number of thioether (sulfide) groups is 1. The number of amides is 1. The molecular weight excluding hydrogens is 370 g/mol. The quantitative estimate of drug-likeness (QED) is 0.544. The number of carbonyl (C=O) groups excluding carboxylic acids is 1. The zero-order valence-corrected chi connectivity index (χ0v) is 17.8. The van der Waals surface area contributed by atoms with Gasteiger partial charge in [-0.25, -0.2) is 0 Å². The number of hydrogen-bond acceptors (Lipinski definition) is 4. The lowest BCUT2D eigenvalue weighted by Crippen LogP contribution is -2.40. The van der Waals surface area contributed by atoms with E-state index < -0.39 is 0 Å². The molecule has 0 saturated carbocycles. The first-order chi connectivity index (χ1) is 13.6. The number of piperidine rings is 1. The van der Waals surface area contributed by atoms with Crippen molar-refractivity contribution in [2.24, 2.45) is 7.05 Å². The molecule has 0 unspecified atom stereocenters. The number of rotatable bonds is 8. The molecule has 0 aliphatic carbocycles. The molecule has 1 aliphatic rings. The minimum Gasteiger partial charge on any atom is -0.355 e. The van der Waals surface area contributed by atoms with Crippen LogP contribution in [-0.4, -0.2) is 46.8 Å². The maximum Gasteiger partial charge on any atom is 0.251 e. The normalized spacial score (nSPS) is 17.7. The summed E-state index contributed by atoms with van der Waals surface area (Å²) in [6.45, 7) is 5.23. The fraction of sp³-hybridized carbons (Fsp3) is 0.545. The summed E-state index contributed by atoms with van der Waals surface area (Å²) in [6.07, 6.45) is 6.16. The van der Waals surface area contributed by atoms with Gasteiger partial charge in [-0.2, -0.15) is 0 Å². The van der Waals surface area contributed by atoms with E-state index in [2.05, 4.69) is 17.1 Å². The molecule has 1 aromatic heterocycles. The number of para-hydroxylation sites is 1. The van der Waals surface area contributed by atoms with Gasteiger partial charge in [-0.05, 0) is 38.3 Å². The number of aromatic nitrogens is 1. The standard InChI is InChI=1S/C22H31N3O2S/c1-3-17-9-6-7-13-25(17)14-8-12-23-21(26)16-28-20-15-22(27)24(2)19-11-5-4-10-18(19)20/h4-5,10-11,15,17H,3,6-9,12-14,16H2,1-2H3,(H,23,26)/t17-/m1/s1. The zero-order chi connectivity index (χ0) is 19.9. The first kappa shape index (κ1) is 20.9. The van der Waals surface area contributed by atoms with Crippen LogP contribution < -0.4 is 10.9 Å². The lowest BCUT2D eigenvalue weighted by atomic mass is 10.00. The maximum absolute atomic E-state index is 12.2. The topological polar surface area (TPSA) is 54.3 Å². The molecule has 5 nitrogen and oxygen atoms in total. The van der Waals surface area contributed by atoms with Gasteiger partial charge in [0.25, 0.3) is 5.56 Å². The Morgan fingerprint density at radius 1 is 1.29 bits per heavy atom. The van der Waals surface area contributed by atoms with Crippen molar-refractivity contribution in [3.05, 3.63) is 40.7 Å². The number of nitrogens with zero attached hydrogens (tertiary/aromatic N) is 2. The van der Waals surface area contributed by atoms with Crippen LogP contribution in [0.1, 0.15) is 39.0 Å². The molecule has 2 heterocycles. The van der Waals surface area contributed by atoms with Gasteiger partial charge in [0.15, 0.2) is 0 Å². The SMILES string of the molecule is CC[C@@H]1CCCCN1CCCNC(=O)CSc1cc(=O)n(C)c2ccccc12. The molecule has 0 radical (unpaired) electrons. The number of likely N-dealkylation sites (tertiary alicyclic amines) is 1. The first-order valence-corrected chi connectivity index (χ1v) is 11.3. The molecule has 2 aromatic rings. The van der Waals surface area contributed by atoms with Crippen molar-refractivity contribution in [2.45, 2.75) is 50.0 Å². The van der Waals surface area contributed by atoms with Gasteiger partial charge < -0.3 is 14.8 Å². The van der Waals surface area contributed by atoms with E-state index in [1.807, 2.05) is 24.3 Å². The fourth-order valence-corrected chi connectivity index (χ4v) is 4.92. The van der Waals surface area contributed by atoms with E-state index in [0.29, 0.717) is 18.3 Å². The Kier molecular flexibility index (Phi) is 7.57. The number of aryl methyl sites for hydroxylation is 1. The number of carbonyl (C=O) groups is 1. The summed E-state index contributed by atoms with van der Waals surface area (Å²) in [7, 11) is 1.78. The van der Waals surface area contributed by atoms with Gasteiger partial charge in [-0.1, -0.05) is 31.5 Å². The molecule has 0 spiro atoms. The van der Waals surface area contributed by atoms with Crippen molar-refractivity contribution in [1.82, 2.24) is 14.8 Å². The molecule has 3 rings (SSSR count). The third kappa shape index (κ3) is 5.17. The summed E-state index contributed by atoms with van der Waals surface area (Å²) < 4.78 is 1.64. The second kappa shape index (κ2) is 10.1. The molecule has 1 atom stereocenters. The monoisotopic (exact) mass is 401 g/mol. The van der Waals surface area contributed by atoms with Gasteiger partial charge in [0, 0.05) is 42.5 Å². The molecule has 0 bridgehead atoms. The molecule has 1 saturated heterocycles. The largest absolute Gasteiger partial charge is 0.355 e. The average Bonchev–Trinajstić information content (AvgIpc) is 2.73. The molecular formula is C22H31N3O2S. The zero-order valence-electron chi connectivity index (χ0n) is 16.9. The minimum absolute atomic E-state index is 0.0282. The summed E-state index contributed by atoms with van der Waals surface area (Å²) in [5.74, 6) is 0.360. The van der Waals surface area contributed by atoms with Crippen LogP contribution in [0.2, 0.25) is 0 Å². The van der Waals surface area contributed by atoms with Gasteiger partial charge in [-0.3, -0.25) is 9.59 Å². The second-order valence-electron chi connectivity index (χ2n) is 7.51. The molecule has 28 heavy (non-hydrogen) atoms. The van der Waals surface area contributed by atoms with Crippen molar-refractivity contribution in [2.75, 3.05) is 25.4 Å². The Morgan fingerprint density at radius 2 is 2.11 bits per heavy atom. The van der Waals surface area contributed by atoms with Crippen LogP contribution in [0.4, 0.5) is 0 Å². The van der Waals surface area contributed by atoms with E-state index in [4.69, 9.17) is 0 Å². The summed E-state index contributed by atoms with van der Waals surface area (Å²) in [6, 6.07) is 10.2. The van der Waals surface area contributed by atoms with Crippen molar-refractivity contribution in [1.29, 1.82) is 0 Å². The molecule has 1 fully saturated rings. The molecule has 152 valence electrons. The molecule has 6 heteroatoms. The van der Waals surface area contributed by atoms with Crippen molar-refractivity contribution < 1.29 is 4.79 Å². The number of fused-ring (bicyclic) bond motifs is 1. The summed E-state index contributed by atoms with van der Waals surface area (Å²) in [4.78, 5) is 27.9. The van der Waals surface area contributed by atoms with E-state index in [1.54, 1.807) is 17.7 Å². The summed E-state index contributed by atoms with van der Waals surface area (Å²) in [5, 5.41) is 4.04. The first-order valence-electron chi connectivity index (χ1n) is 10.3. The molecule has 1 aliphatic heterocycles. The highest BCUT2D eigenvalue weighted by molar-refractivity contribution is 8.00. The van der Waals surface area contributed by atoms with Crippen LogP contribution in [0.3, 0.4) is 0 Å². The van der Waals surface area contributed by atoms with Crippen molar-refractivity contribution in [3.63, 3.8) is 0 Å². The van der Waals surface area contributed by atoms with Crippen LogP contribution in [0.5, 0.6) is 0 Å². The predicted octanol–water partition coefficient (Wildman–Crippen LogP) is 3.40. The van der Waals surface area contributed by atoms with Crippen molar-refractivity contribution >= 4 is 28.6 Å². The van der Waals surface area contributed by atoms with Crippen molar-refractivity contribution in [3.8, 4) is 0 Å². The third-order valence-corrected chi connectivity index (χ3v) is 6.69. The number of benzene rings is 1. The van der Waals surface area contributed by atoms with Crippen LogP contribution >= 0.6 is 11.8 Å². The van der Waals surface area contributed by atoms with Gasteiger partial charge in [0.1, 0.15) is 0 Å². The number of pyridine rings is 1. The predicted molar refractivity (Wildman–Crippen MR) is 117 cm³/mol. The lowest BCUT2D eigenvalue weighted by Gasteiger charge is -2.35. The smallest absolute Gasteiger partial charge is 0.251 e. The van der Waals surface area contributed by atoms with E-state index in [0.717, 1.165) is 28.8 Å². The summed E-state index contributed by atoms with van der Waals surface area (Å²) in [5.41, 5.74) is 0.846. The van der Waals surface area contributed by atoms with Gasteiger partial charge in [0.05, 0.1) is 11.3 Å². The van der Waals surface area contributed by atoms with E-state index in [-0.39, 0.29) is 11.5 Å². The van der Waals surface area contributed by atoms with Gasteiger partial charge in [-0.15, -0.1) is 11.8 Å². The maximum atomic E-state index is 12.2. The van der Waals surface area contributed by atoms with Crippen LogP contribution in [0, 0.1) is 0 Å². The number of hydrogen-bond donors (Lipinski definition) is 1. The second-order valence-corrected chi connectivity index (χ2v) is 8.53. The van der Waals surface area contributed by atoms with Crippen LogP contribution in [0.25, 0.3) is 10.9 Å². The average molecular weight is 402 g/mol. The highest BCUT2D eigenvalue weighted by Gasteiger charge is 2.19. The molecule has 1 aromatic carbocycles. The highest BCUT2D eigenvalue weighted by Crippen LogP contribution is 2.25. The highest BCUT2D eigenvalue weighted by atomic mass is 32.2. The Bertz CT molecular complexity index is 864. The van der Waals surface area contributed by atoms with E-state index in [9.17, 15) is 9.59 Å².